The molecule has 7 heteroatoms. The van der Waals surface area contributed by atoms with Crippen LogP contribution >= 0.6 is 0 Å². The Balaban J connectivity index is 1.79. The maximum Gasteiger partial charge on any atom is 0.232 e. The van der Waals surface area contributed by atoms with E-state index in [4.69, 9.17) is 10.5 Å². The van der Waals surface area contributed by atoms with E-state index >= 15 is 0 Å². The van der Waals surface area contributed by atoms with Crippen molar-refractivity contribution < 1.29 is 4.74 Å². The van der Waals surface area contributed by atoms with Crippen molar-refractivity contribution in [1.29, 1.82) is 0 Å². The lowest BCUT2D eigenvalue weighted by Crippen LogP contribution is -2.39. The van der Waals surface area contributed by atoms with E-state index < -0.39 is 0 Å². The molecule has 2 heterocycles. The van der Waals surface area contributed by atoms with E-state index in [0.717, 1.165) is 13.1 Å². The van der Waals surface area contributed by atoms with Crippen LogP contribution < -0.4 is 15.5 Å². The number of ether oxygens (including phenoxy) is 1. The number of morpholine rings is 1. The normalized spacial score (nSPS) is 20.5. The molecule has 0 atom stereocenters. The molecule has 1 aliphatic carbocycles. The van der Waals surface area contributed by atoms with Crippen molar-refractivity contribution in [2.24, 2.45) is 0 Å². The minimum absolute atomic E-state index is 0.296. The molecule has 0 bridgehead atoms. The number of rotatable bonds is 3. The van der Waals surface area contributed by atoms with E-state index in [2.05, 4.69) is 31.8 Å². The summed E-state index contributed by atoms with van der Waals surface area (Å²) in [6.07, 6.45) is 6.31. The van der Waals surface area contributed by atoms with Gasteiger partial charge >= 0.3 is 0 Å². The molecule has 0 amide bonds. The summed E-state index contributed by atoms with van der Waals surface area (Å²) in [7, 11) is 2.06. The Bertz CT molecular complexity index is 471. The third-order valence-corrected chi connectivity index (χ3v) is 4.36. The van der Waals surface area contributed by atoms with Gasteiger partial charge in [-0.05, 0) is 12.8 Å². The molecule has 0 aromatic carbocycles. The van der Waals surface area contributed by atoms with Crippen LogP contribution in [0.5, 0.6) is 0 Å². The average molecular weight is 292 g/mol. The standard InChI is InChI=1S/C14H24N6O/c1-19(11-5-3-2-4-6-11)13-16-12(15)17-14(18-13)20-7-9-21-10-8-20/h11H,2-10H2,1H3,(H2,15,16,17,18). The molecular formula is C14H24N6O. The van der Waals surface area contributed by atoms with Crippen molar-refractivity contribution in [3.8, 4) is 0 Å². The van der Waals surface area contributed by atoms with Crippen LogP contribution in [0, 0.1) is 0 Å². The second kappa shape index (κ2) is 6.43. The fraction of sp³-hybridized carbons (Fsp3) is 0.786. The topological polar surface area (TPSA) is 80.4 Å². The monoisotopic (exact) mass is 292 g/mol. The SMILES string of the molecule is CN(c1nc(N)nc(N2CCOCC2)n1)C1CCCCC1. The van der Waals surface area contributed by atoms with Gasteiger partial charge in [0.1, 0.15) is 0 Å². The number of anilines is 3. The molecule has 1 saturated carbocycles. The number of nitrogens with two attached hydrogens (primary N) is 1. The van der Waals surface area contributed by atoms with Crippen molar-refractivity contribution in [2.75, 3.05) is 48.9 Å². The summed E-state index contributed by atoms with van der Waals surface area (Å²) >= 11 is 0. The first kappa shape index (κ1) is 14.3. The smallest absolute Gasteiger partial charge is 0.232 e. The van der Waals surface area contributed by atoms with Gasteiger partial charge in [0.2, 0.25) is 17.8 Å². The van der Waals surface area contributed by atoms with Crippen molar-refractivity contribution in [1.82, 2.24) is 15.0 Å². The molecule has 1 aliphatic heterocycles. The van der Waals surface area contributed by atoms with Crippen LogP contribution in [0.25, 0.3) is 0 Å². The highest BCUT2D eigenvalue weighted by molar-refractivity contribution is 5.44. The molecule has 2 aliphatic rings. The van der Waals surface area contributed by atoms with Gasteiger partial charge in [-0.15, -0.1) is 0 Å². The first-order valence-electron chi connectivity index (χ1n) is 7.81. The van der Waals surface area contributed by atoms with Gasteiger partial charge in [-0.25, -0.2) is 0 Å². The number of aromatic nitrogens is 3. The van der Waals surface area contributed by atoms with Gasteiger partial charge in [-0.3, -0.25) is 0 Å². The summed E-state index contributed by atoms with van der Waals surface area (Å²) in [5, 5.41) is 0. The van der Waals surface area contributed by atoms with Gasteiger partial charge in [0.05, 0.1) is 13.2 Å². The van der Waals surface area contributed by atoms with Gasteiger partial charge in [-0.1, -0.05) is 19.3 Å². The van der Waals surface area contributed by atoms with E-state index in [1.807, 2.05) is 0 Å². The minimum Gasteiger partial charge on any atom is -0.378 e. The van der Waals surface area contributed by atoms with E-state index in [1.165, 1.54) is 32.1 Å². The van der Waals surface area contributed by atoms with E-state index in [-0.39, 0.29) is 0 Å². The van der Waals surface area contributed by atoms with Crippen LogP contribution in [-0.4, -0.2) is 54.3 Å². The second-order valence-electron chi connectivity index (χ2n) is 5.80. The molecule has 2 fully saturated rings. The van der Waals surface area contributed by atoms with Crippen molar-refractivity contribution in [3.05, 3.63) is 0 Å². The lowest BCUT2D eigenvalue weighted by atomic mass is 9.95. The van der Waals surface area contributed by atoms with E-state index in [1.54, 1.807) is 0 Å². The first-order chi connectivity index (χ1) is 10.2. The lowest BCUT2D eigenvalue weighted by molar-refractivity contribution is 0.122. The molecule has 3 rings (SSSR count). The van der Waals surface area contributed by atoms with Gasteiger partial charge in [0.15, 0.2) is 0 Å². The van der Waals surface area contributed by atoms with Gasteiger partial charge in [0.25, 0.3) is 0 Å². The Morgan fingerprint density at radius 3 is 2.52 bits per heavy atom. The predicted octanol–water partition coefficient (Wildman–Crippen LogP) is 1.06. The largest absolute Gasteiger partial charge is 0.378 e. The summed E-state index contributed by atoms with van der Waals surface area (Å²) in [5.41, 5.74) is 5.89. The highest BCUT2D eigenvalue weighted by Gasteiger charge is 2.22. The molecule has 116 valence electrons. The van der Waals surface area contributed by atoms with Gasteiger partial charge < -0.3 is 20.3 Å². The summed E-state index contributed by atoms with van der Waals surface area (Å²) in [6, 6.07) is 0.512. The number of hydrogen-bond acceptors (Lipinski definition) is 7. The highest BCUT2D eigenvalue weighted by atomic mass is 16.5. The zero-order valence-corrected chi connectivity index (χ0v) is 12.7. The third kappa shape index (κ3) is 3.34. The maximum atomic E-state index is 5.89. The van der Waals surface area contributed by atoms with Crippen LogP contribution in [0.3, 0.4) is 0 Å². The molecular weight excluding hydrogens is 268 g/mol. The fourth-order valence-corrected chi connectivity index (χ4v) is 3.06. The Kier molecular flexibility index (Phi) is 4.38. The molecule has 2 N–H and O–H groups in total. The molecule has 21 heavy (non-hydrogen) atoms. The number of nitrogens with zero attached hydrogens (tertiary/aromatic N) is 5. The van der Waals surface area contributed by atoms with E-state index in [0.29, 0.717) is 37.1 Å². The van der Waals surface area contributed by atoms with E-state index in [9.17, 15) is 0 Å². The molecule has 0 unspecified atom stereocenters. The Hall–Kier alpha value is -1.63. The third-order valence-electron chi connectivity index (χ3n) is 4.36. The fourth-order valence-electron chi connectivity index (χ4n) is 3.06. The summed E-state index contributed by atoms with van der Waals surface area (Å²) in [6.45, 7) is 3.02. The predicted molar refractivity (Wildman–Crippen MR) is 82.5 cm³/mol. The average Bonchev–Trinajstić information content (AvgIpc) is 2.55. The Morgan fingerprint density at radius 2 is 1.81 bits per heavy atom. The molecule has 0 spiro atoms. The molecule has 1 aromatic heterocycles. The summed E-state index contributed by atoms with van der Waals surface area (Å²) in [4.78, 5) is 17.5. The molecule has 1 aromatic rings. The molecule has 0 radical (unpaired) electrons. The second-order valence-corrected chi connectivity index (χ2v) is 5.80. The minimum atomic E-state index is 0.296. The van der Waals surface area contributed by atoms with Crippen LogP contribution in [0.2, 0.25) is 0 Å². The van der Waals surface area contributed by atoms with Crippen LogP contribution in [0.4, 0.5) is 17.8 Å². The summed E-state index contributed by atoms with van der Waals surface area (Å²) in [5.74, 6) is 1.66. The maximum absolute atomic E-state index is 5.89. The molecule has 1 saturated heterocycles. The van der Waals surface area contributed by atoms with Crippen molar-refractivity contribution in [2.45, 2.75) is 38.1 Å². The van der Waals surface area contributed by atoms with Gasteiger partial charge in [-0.2, -0.15) is 15.0 Å². The van der Waals surface area contributed by atoms with Crippen molar-refractivity contribution in [3.63, 3.8) is 0 Å². The quantitative estimate of drug-likeness (QED) is 0.892. The van der Waals surface area contributed by atoms with Crippen LogP contribution in [-0.2, 0) is 4.74 Å². The molecule has 7 nitrogen and oxygen atoms in total. The van der Waals surface area contributed by atoms with Crippen molar-refractivity contribution >= 4 is 17.8 Å². The first-order valence-corrected chi connectivity index (χ1v) is 7.81. The highest BCUT2D eigenvalue weighted by Crippen LogP contribution is 2.25. The van der Waals surface area contributed by atoms with Crippen LogP contribution in [0.1, 0.15) is 32.1 Å². The van der Waals surface area contributed by atoms with Crippen LogP contribution in [0.15, 0.2) is 0 Å². The number of hydrogen-bond donors (Lipinski definition) is 1. The number of nitrogen functional groups attached to an aromatic ring is 1. The lowest BCUT2D eigenvalue weighted by Gasteiger charge is -2.32. The summed E-state index contributed by atoms with van der Waals surface area (Å²) < 4.78 is 5.37. The zero-order chi connectivity index (χ0) is 14.7. The zero-order valence-electron chi connectivity index (χ0n) is 12.7. The Morgan fingerprint density at radius 1 is 1.10 bits per heavy atom. The Labute approximate surface area is 125 Å². The van der Waals surface area contributed by atoms with Gasteiger partial charge in [0, 0.05) is 26.2 Å².